The van der Waals surface area contributed by atoms with E-state index in [2.05, 4.69) is 27.4 Å². The van der Waals surface area contributed by atoms with Crippen LogP contribution in [0, 0.1) is 6.92 Å². The van der Waals surface area contributed by atoms with Crippen molar-refractivity contribution in [3.8, 4) is 11.4 Å². The molecule has 0 aliphatic heterocycles. The van der Waals surface area contributed by atoms with Crippen molar-refractivity contribution in [2.75, 3.05) is 16.4 Å². The predicted octanol–water partition coefficient (Wildman–Crippen LogP) is 4.13. The summed E-state index contributed by atoms with van der Waals surface area (Å²) in [5.74, 6) is 0.649. The van der Waals surface area contributed by atoms with Gasteiger partial charge in [0.1, 0.15) is 0 Å². The van der Waals surface area contributed by atoms with Gasteiger partial charge in [0.2, 0.25) is 11.8 Å². The third-order valence-electron chi connectivity index (χ3n) is 4.24. The van der Waals surface area contributed by atoms with Gasteiger partial charge in [0.25, 0.3) is 0 Å². The summed E-state index contributed by atoms with van der Waals surface area (Å²) in [6.45, 7) is 7.84. The zero-order chi connectivity index (χ0) is 21.5. The first-order chi connectivity index (χ1) is 14.5. The fourth-order valence-electron chi connectivity index (χ4n) is 2.88. The Labute approximate surface area is 179 Å². The topological polar surface area (TPSA) is 88.9 Å². The largest absolute Gasteiger partial charge is 0.326 e. The van der Waals surface area contributed by atoms with Crippen LogP contribution in [0.4, 0.5) is 11.4 Å². The van der Waals surface area contributed by atoms with Gasteiger partial charge >= 0.3 is 0 Å². The van der Waals surface area contributed by atoms with E-state index in [1.165, 1.54) is 18.7 Å². The van der Waals surface area contributed by atoms with Crippen molar-refractivity contribution in [3.63, 3.8) is 0 Å². The van der Waals surface area contributed by atoms with Crippen LogP contribution in [0.25, 0.3) is 11.4 Å². The summed E-state index contributed by atoms with van der Waals surface area (Å²) in [7, 11) is 0. The molecule has 0 fully saturated rings. The molecule has 154 valence electrons. The summed E-state index contributed by atoms with van der Waals surface area (Å²) in [5.41, 5.74) is 3.44. The standard InChI is InChI=1S/C22H23N5O2S/c1-4-13-27-21(19-8-6-5-7-15(19)2)25-26-22(27)30-14-20(29)24-18-11-9-17(10-12-18)23-16(3)28/h4-12H,1,13-14H2,2-3H3,(H,23,28)(H,24,29). The van der Waals surface area contributed by atoms with Crippen LogP contribution in [0.5, 0.6) is 0 Å². The second kappa shape index (κ2) is 9.89. The van der Waals surface area contributed by atoms with Crippen LogP contribution in [0.3, 0.4) is 0 Å². The maximum Gasteiger partial charge on any atom is 0.234 e. The smallest absolute Gasteiger partial charge is 0.234 e. The summed E-state index contributed by atoms with van der Waals surface area (Å²) in [6.07, 6.45) is 1.78. The third kappa shape index (κ3) is 5.36. The summed E-state index contributed by atoms with van der Waals surface area (Å²) in [6, 6.07) is 14.9. The van der Waals surface area contributed by atoms with Crippen LogP contribution in [-0.4, -0.2) is 32.3 Å². The number of rotatable bonds is 8. The van der Waals surface area contributed by atoms with Crippen LogP contribution in [-0.2, 0) is 16.1 Å². The van der Waals surface area contributed by atoms with Crippen LogP contribution >= 0.6 is 11.8 Å². The van der Waals surface area contributed by atoms with E-state index in [4.69, 9.17) is 0 Å². The monoisotopic (exact) mass is 421 g/mol. The van der Waals surface area contributed by atoms with E-state index in [-0.39, 0.29) is 17.6 Å². The third-order valence-corrected chi connectivity index (χ3v) is 5.20. The molecule has 0 saturated heterocycles. The van der Waals surface area contributed by atoms with E-state index in [1.807, 2.05) is 35.8 Å². The highest BCUT2D eigenvalue weighted by Crippen LogP contribution is 2.26. The number of anilines is 2. The molecule has 0 saturated carbocycles. The summed E-state index contributed by atoms with van der Waals surface area (Å²) in [4.78, 5) is 23.4. The highest BCUT2D eigenvalue weighted by atomic mass is 32.2. The van der Waals surface area contributed by atoms with Gasteiger partial charge in [-0.1, -0.05) is 42.1 Å². The molecular formula is C22H23N5O2S. The van der Waals surface area contributed by atoms with E-state index in [0.717, 1.165) is 17.0 Å². The van der Waals surface area contributed by atoms with Gasteiger partial charge in [-0.25, -0.2) is 0 Å². The molecule has 0 unspecified atom stereocenters. The van der Waals surface area contributed by atoms with E-state index in [1.54, 1.807) is 30.3 Å². The Balaban J connectivity index is 1.66. The zero-order valence-corrected chi connectivity index (χ0v) is 17.7. The van der Waals surface area contributed by atoms with Gasteiger partial charge in [-0.2, -0.15) is 0 Å². The second-order valence-electron chi connectivity index (χ2n) is 6.62. The van der Waals surface area contributed by atoms with Crippen LogP contribution in [0.15, 0.2) is 66.3 Å². The fourth-order valence-corrected chi connectivity index (χ4v) is 3.63. The molecule has 0 atom stereocenters. The van der Waals surface area contributed by atoms with Gasteiger partial charge in [0, 0.05) is 30.4 Å². The zero-order valence-electron chi connectivity index (χ0n) is 16.9. The lowest BCUT2D eigenvalue weighted by Gasteiger charge is -2.10. The molecule has 0 aliphatic carbocycles. The predicted molar refractivity (Wildman–Crippen MR) is 120 cm³/mol. The first-order valence-corrected chi connectivity index (χ1v) is 10.4. The molecule has 1 heterocycles. The number of carbonyl (C=O) groups excluding carboxylic acids is 2. The SMILES string of the molecule is C=CCn1c(SCC(=O)Nc2ccc(NC(C)=O)cc2)nnc1-c1ccccc1C. The summed E-state index contributed by atoms with van der Waals surface area (Å²) < 4.78 is 1.95. The van der Waals surface area contributed by atoms with Gasteiger partial charge < -0.3 is 10.6 Å². The van der Waals surface area contributed by atoms with Gasteiger partial charge in [-0.3, -0.25) is 14.2 Å². The molecule has 0 bridgehead atoms. The molecule has 0 aliphatic rings. The number of benzene rings is 2. The van der Waals surface area contributed by atoms with E-state index >= 15 is 0 Å². The normalized spacial score (nSPS) is 10.5. The molecule has 2 N–H and O–H groups in total. The number of aromatic nitrogens is 3. The Morgan fingerprint density at radius 3 is 2.37 bits per heavy atom. The molecule has 0 radical (unpaired) electrons. The Kier molecular flexibility index (Phi) is 7.03. The number of nitrogens with one attached hydrogen (secondary N) is 2. The van der Waals surface area contributed by atoms with Crippen LogP contribution in [0.1, 0.15) is 12.5 Å². The molecule has 3 aromatic rings. The average molecular weight is 422 g/mol. The van der Waals surface area contributed by atoms with E-state index in [0.29, 0.717) is 23.1 Å². The van der Waals surface area contributed by atoms with Crippen molar-refractivity contribution >= 4 is 35.0 Å². The second-order valence-corrected chi connectivity index (χ2v) is 7.56. The van der Waals surface area contributed by atoms with Crippen molar-refractivity contribution in [2.24, 2.45) is 0 Å². The minimum atomic E-state index is -0.155. The summed E-state index contributed by atoms with van der Waals surface area (Å²) in [5, 5.41) is 14.8. The Hall–Kier alpha value is -3.39. The highest BCUT2D eigenvalue weighted by molar-refractivity contribution is 7.99. The van der Waals surface area contributed by atoms with E-state index in [9.17, 15) is 9.59 Å². The van der Waals surface area contributed by atoms with Crippen molar-refractivity contribution in [2.45, 2.75) is 25.5 Å². The first kappa shape index (κ1) is 21.3. The Morgan fingerprint density at radius 1 is 1.07 bits per heavy atom. The maximum atomic E-state index is 12.4. The van der Waals surface area contributed by atoms with Gasteiger partial charge in [-0.15, -0.1) is 16.8 Å². The molecule has 1 aromatic heterocycles. The molecule has 3 rings (SSSR count). The molecule has 2 amide bonds. The number of carbonyl (C=O) groups is 2. The molecule has 30 heavy (non-hydrogen) atoms. The Morgan fingerprint density at radius 2 is 1.73 bits per heavy atom. The van der Waals surface area contributed by atoms with Gasteiger partial charge in [0.15, 0.2) is 11.0 Å². The summed E-state index contributed by atoms with van der Waals surface area (Å²) >= 11 is 1.32. The highest BCUT2D eigenvalue weighted by Gasteiger charge is 2.16. The van der Waals surface area contributed by atoms with Gasteiger partial charge in [-0.05, 0) is 36.8 Å². The molecule has 7 nitrogen and oxygen atoms in total. The number of amides is 2. The van der Waals surface area contributed by atoms with Crippen molar-refractivity contribution in [3.05, 3.63) is 66.7 Å². The fraction of sp³-hybridized carbons (Fsp3) is 0.182. The van der Waals surface area contributed by atoms with Gasteiger partial charge in [0.05, 0.1) is 5.75 Å². The number of nitrogens with zero attached hydrogens (tertiary/aromatic N) is 3. The van der Waals surface area contributed by atoms with E-state index < -0.39 is 0 Å². The lowest BCUT2D eigenvalue weighted by Crippen LogP contribution is -2.15. The lowest BCUT2D eigenvalue weighted by molar-refractivity contribution is -0.114. The molecular weight excluding hydrogens is 398 g/mol. The lowest BCUT2D eigenvalue weighted by atomic mass is 10.1. The quantitative estimate of drug-likeness (QED) is 0.422. The average Bonchev–Trinajstić information content (AvgIpc) is 3.11. The number of thioether (sulfide) groups is 1. The Bertz CT molecular complexity index is 1060. The van der Waals surface area contributed by atoms with Crippen molar-refractivity contribution in [1.29, 1.82) is 0 Å². The van der Waals surface area contributed by atoms with Crippen molar-refractivity contribution in [1.82, 2.24) is 14.8 Å². The maximum absolute atomic E-state index is 12.4. The molecule has 0 spiro atoms. The number of hydrogen-bond donors (Lipinski definition) is 2. The number of aryl methyl sites for hydroxylation is 1. The van der Waals surface area contributed by atoms with Crippen molar-refractivity contribution < 1.29 is 9.59 Å². The number of hydrogen-bond acceptors (Lipinski definition) is 5. The minimum Gasteiger partial charge on any atom is -0.326 e. The van der Waals surface area contributed by atoms with Crippen LogP contribution < -0.4 is 10.6 Å². The first-order valence-electron chi connectivity index (χ1n) is 9.38. The number of allylic oxidation sites excluding steroid dienone is 1. The molecule has 2 aromatic carbocycles. The molecule has 8 heteroatoms. The minimum absolute atomic E-state index is 0.142. The van der Waals surface area contributed by atoms with Crippen LogP contribution in [0.2, 0.25) is 0 Å².